The predicted octanol–water partition coefficient (Wildman–Crippen LogP) is 2.31. The van der Waals surface area contributed by atoms with Crippen molar-refractivity contribution in [1.82, 2.24) is 8.61 Å². The van der Waals surface area contributed by atoms with Gasteiger partial charge in [0.2, 0.25) is 20.0 Å². The fourth-order valence-electron chi connectivity index (χ4n) is 2.99. The van der Waals surface area contributed by atoms with Gasteiger partial charge in [0.05, 0.1) is 28.3 Å². The van der Waals surface area contributed by atoms with Gasteiger partial charge in [-0.2, -0.15) is 8.61 Å². The highest BCUT2D eigenvalue weighted by Crippen LogP contribution is 2.26. The molecule has 10 nitrogen and oxygen atoms in total. The van der Waals surface area contributed by atoms with Crippen LogP contribution in [0.4, 0.5) is 11.4 Å². The van der Waals surface area contributed by atoms with Crippen molar-refractivity contribution in [1.29, 1.82) is 0 Å². The van der Waals surface area contributed by atoms with E-state index in [9.17, 15) is 21.9 Å². The molecule has 0 bridgehead atoms. The highest BCUT2D eigenvalue weighted by Gasteiger charge is 2.23. The molecule has 12 heteroatoms. The summed E-state index contributed by atoms with van der Waals surface area (Å²) in [7, 11) is -5.46. The molecule has 0 heterocycles. The second-order valence-electron chi connectivity index (χ2n) is 6.80. The maximum absolute atomic E-state index is 12.2. The predicted molar refractivity (Wildman–Crippen MR) is 130 cm³/mol. The molecule has 0 fully saturated rings. The van der Waals surface area contributed by atoms with Crippen LogP contribution in [0.3, 0.4) is 0 Å². The fraction of sp³-hybridized carbons (Fsp3) is 0.429. The first-order chi connectivity index (χ1) is 15.4. The number of sulfonamides is 2. The summed E-state index contributed by atoms with van der Waals surface area (Å²) in [5.74, 6) is 0.363. The van der Waals surface area contributed by atoms with E-state index in [0.717, 1.165) is 0 Å². The molecule has 0 aliphatic carbocycles. The van der Waals surface area contributed by atoms with Crippen LogP contribution in [-0.4, -0.2) is 63.8 Å². The van der Waals surface area contributed by atoms with Gasteiger partial charge in [0.1, 0.15) is 11.5 Å². The molecule has 2 aromatic rings. The van der Waals surface area contributed by atoms with E-state index >= 15 is 0 Å². The van der Waals surface area contributed by atoms with Crippen LogP contribution >= 0.6 is 0 Å². The Hall–Kier alpha value is -2.54. The Morgan fingerprint density at radius 3 is 1.48 bits per heavy atom. The third-order valence-electron chi connectivity index (χ3n) is 4.89. The van der Waals surface area contributed by atoms with E-state index in [1.54, 1.807) is 33.8 Å². The molecule has 33 heavy (non-hydrogen) atoms. The third-order valence-corrected chi connectivity index (χ3v) is 8.98. The molecule has 0 saturated carbocycles. The van der Waals surface area contributed by atoms with Gasteiger partial charge in [-0.25, -0.2) is 16.8 Å². The van der Waals surface area contributed by atoms with Crippen molar-refractivity contribution in [2.45, 2.75) is 37.5 Å². The maximum atomic E-state index is 12.2. The molecule has 5 N–H and O–H groups in total. The molecule has 0 unspecified atom stereocenters. The lowest BCUT2D eigenvalue weighted by Crippen LogP contribution is -2.30. The van der Waals surface area contributed by atoms with E-state index in [2.05, 4.69) is 0 Å². The zero-order valence-corrected chi connectivity index (χ0v) is 21.3. The molecule has 2 aromatic carbocycles. The monoisotopic (exact) mass is 502 g/mol. The van der Waals surface area contributed by atoms with Gasteiger partial charge in [0.25, 0.3) is 0 Å². The topological polar surface area (TPSA) is 156 Å². The van der Waals surface area contributed by atoms with Crippen molar-refractivity contribution in [3.8, 4) is 11.5 Å². The van der Waals surface area contributed by atoms with Gasteiger partial charge < -0.3 is 21.3 Å². The minimum absolute atomic E-state index is 0.0632. The number of methoxy groups -OCH3 is 1. The summed E-state index contributed by atoms with van der Waals surface area (Å²) >= 11 is 0. The minimum atomic E-state index is -3.50. The van der Waals surface area contributed by atoms with Gasteiger partial charge in [0, 0.05) is 26.2 Å². The lowest BCUT2D eigenvalue weighted by atomic mass is 10.3. The third kappa shape index (κ3) is 6.73. The van der Waals surface area contributed by atoms with Crippen LogP contribution in [0.15, 0.2) is 46.2 Å². The molecule has 0 aliphatic heterocycles. The first-order valence-electron chi connectivity index (χ1n) is 10.4. The van der Waals surface area contributed by atoms with Crippen molar-refractivity contribution in [2.24, 2.45) is 0 Å². The highest BCUT2D eigenvalue weighted by atomic mass is 32.2. The number of hydrogen-bond acceptors (Lipinski definition) is 8. The van der Waals surface area contributed by atoms with Crippen molar-refractivity contribution in [2.75, 3.05) is 44.8 Å². The number of nitrogens with two attached hydrogens (primary N) is 2. The molecule has 0 saturated heterocycles. The number of anilines is 2. The highest BCUT2D eigenvalue weighted by molar-refractivity contribution is 7.89. The van der Waals surface area contributed by atoms with Crippen molar-refractivity contribution < 1.29 is 26.7 Å². The van der Waals surface area contributed by atoms with Crippen LogP contribution in [0.2, 0.25) is 0 Å². The first kappa shape index (κ1) is 28.5. The van der Waals surface area contributed by atoms with E-state index < -0.39 is 20.0 Å². The summed E-state index contributed by atoms with van der Waals surface area (Å²) < 4.78 is 56.2. The number of hydrogen-bond donors (Lipinski definition) is 3. The summed E-state index contributed by atoms with van der Waals surface area (Å²) in [6, 6.07) is 8.38. The van der Waals surface area contributed by atoms with Gasteiger partial charge in [-0.1, -0.05) is 27.7 Å². The van der Waals surface area contributed by atoms with Crippen molar-refractivity contribution >= 4 is 31.4 Å². The first-order valence-corrected chi connectivity index (χ1v) is 13.3. The Morgan fingerprint density at radius 1 is 0.758 bits per heavy atom. The second-order valence-corrected chi connectivity index (χ2v) is 10.7. The van der Waals surface area contributed by atoms with Crippen LogP contribution in [0, 0.1) is 0 Å². The smallest absolute Gasteiger partial charge is 0.243 e. The van der Waals surface area contributed by atoms with Gasteiger partial charge >= 0.3 is 0 Å². The average Bonchev–Trinajstić information content (AvgIpc) is 2.77. The molecule has 0 radical (unpaired) electrons. The number of phenolic OH excluding ortho intramolecular Hbond substituents is 1. The molecule has 2 rings (SSSR count). The van der Waals surface area contributed by atoms with Gasteiger partial charge in [-0.05, 0) is 36.4 Å². The van der Waals surface area contributed by atoms with Crippen LogP contribution in [0.25, 0.3) is 0 Å². The summed E-state index contributed by atoms with van der Waals surface area (Å²) in [5, 5.41) is 9.23. The SMILES string of the molecule is CCN(CC)S(=O)(=O)c1ccc(O)c(N)c1.CCN(CC)S(=O)(=O)c1ccc(OC)c(N)c1. The Labute approximate surface area is 196 Å². The van der Waals surface area contributed by atoms with Crippen LogP contribution in [-0.2, 0) is 20.0 Å². The molecule has 0 atom stereocenters. The van der Waals surface area contributed by atoms with Crippen molar-refractivity contribution in [3.63, 3.8) is 0 Å². The zero-order chi connectivity index (χ0) is 25.4. The van der Waals surface area contributed by atoms with E-state index in [0.29, 0.717) is 37.6 Å². The van der Waals surface area contributed by atoms with Crippen LogP contribution in [0.5, 0.6) is 11.5 Å². The second kappa shape index (κ2) is 12.1. The number of nitrogens with zero attached hydrogens (tertiary/aromatic N) is 2. The van der Waals surface area contributed by atoms with Crippen LogP contribution in [0.1, 0.15) is 27.7 Å². The van der Waals surface area contributed by atoms with E-state index in [1.165, 1.54) is 46.1 Å². The average molecular weight is 503 g/mol. The summed E-state index contributed by atoms with van der Waals surface area (Å²) in [6.07, 6.45) is 0. The zero-order valence-electron chi connectivity index (χ0n) is 19.6. The Bertz CT molecular complexity index is 1130. The standard InChI is InChI=1S/C11H18N2O3S.C10H16N2O3S/c1-4-13(5-2)17(14,15)9-6-7-11(16-3)10(12)8-9;1-3-12(4-2)16(14,15)8-5-6-10(13)9(11)7-8/h6-8H,4-5,12H2,1-3H3;5-7,13H,3-4,11H2,1-2H3. The van der Waals surface area contributed by atoms with Crippen molar-refractivity contribution in [3.05, 3.63) is 36.4 Å². The largest absolute Gasteiger partial charge is 0.506 e. The Balaban J connectivity index is 0.000000331. The number of aromatic hydroxyl groups is 1. The van der Waals surface area contributed by atoms with Gasteiger partial charge in [-0.3, -0.25) is 0 Å². The Morgan fingerprint density at radius 2 is 1.15 bits per heavy atom. The fourth-order valence-corrected chi connectivity index (χ4v) is 5.98. The lowest BCUT2D eigenvalue weighted by molar-refractivity contribution is 0.416. The molecular formula is C21H34N4O6S2. The Kier molecular flexibility index (Phi) is 10.4. The number of benzene rings is 2. The molecular weight excluding hydrogens is 468 g/mol. The van der Waals surface area contributed by atoms with E-state index in [-0.39, 0.29) is 21.2 Å². The van der Waals surface area contributed by atoms with Gasteiger partial charge in [-0.15, -0.1) is 0 Å². The van der Waals surface area contributed by atoms with E-state index in [4.69, 9.17) is 16.2 Å². The summed E-state index contributed by atoms with van der Waals surface area (Å²) in [5.41, 5.74) is 11.6. The number of nitrogen functional groups attached to an aromatic ring is 2. The molecule has 0 spiro atoms. The quantitative estimate of drug-likeness (QED) is 0.348. The van der Waals surface area contributed by atoms with Gasteiger partial charge in [0.15, 0.2) is 0 Å². The lowest BCUT2D eigenvalue weighted by Gasteiger charge is -2.18. The maximum Gasteiger partial charge on any atom is 0.243 e. The number of rotatable bonds is 9. The minimum Gasteiger partial charge on any atom is -0.506 e. The molecule has 0 aromatic heterocycles. The summed E-state index contributed by atoms with van der Waals surface area (Å²) in [6.45, 7) is 8.81. The number of phenols is 1. The van der Waals surface area contributed by atoms with E-state index in [1.807, 2.05) is 0 Å². The molecule has 0 aliphatic rings. The molecule has 0 amide bonds. The normalized spacial score (nSPS) is 11.8. The van der Waals surface area contributed by atoms with Crippen LogP contribution < -0.4 is 16.2 Å². The summed E-state index contributed by atoms with van der Waals surface area (Å²) in [4.78, 5) is 0.297. The number of ether oxygens (including phenoxy) is 1. The molecule has 186 valence electrons.